The lowest BCUT2D eigenvalue weighted by atomic mass is 9.83. The second-order valence-corrected chi connectivity index (χ2v) is 10.9. The number of hydrogen-bond acceptors (Lipinski definition) is 7. The second-order valence-electron chi connectivity index (χ2n) is 10.9. The second kappa shape index (κ2) is 13.3. The molecule has 1 fully saturated rings. The van der Waals surface area contributed by atoms with E-state index in [0.717, 1.165) is 11.1 Å². The van der Waals surface area contributed by atoms with Crippen LogP contribution in [0.25, 0.3) is 0 Å². The third-order valence-corrected chi connectivity index (χ3v) is 8.14. The quantitative estimate of drug-likeness (QED) is 0.302. The van der Waals surface area contributed by atoms with Gasteiger partial charge in [0.25, 0.3) is 5.91 Å². The van der Waals surface area contributed by atoms with Crippen LogP contribution in [0.2, 0.25) is 0 Å². The van der Waals surface area contributed by atoms with Gasteiger partial charge >= 0.3 is 6.09 Å². The van der Waals surface area contributed by atoms with Gasteiger partial charge < -0.3 is 29.5 Å². The average Bonchev–Trinajstić information content (AvgIpc) is 3.56. The minimum Gasteiger partial charge on any atom is -0.497 e. The molecular weight excluding hydrogens is 562 g/mol. The number of benzene rings is 3. The van der Waals surface area contributed by atoms with Gasteiger partial charge in [-0.25, -0.2) is 4.79 Å². The first-order chi connectivity index (χ1) is 21.3. The Morgan fingerprint density at radius 1 is 1.09 bits per heavy atom. The highest BCUT2D eigenvalue weighted by molar-refractivity contribution is 6.07. The summed E-state index contributed by atoms with van der Waals surface area (Å²) in [6.45, 7) is 3.18. The lowest BCUT2D eigenvalue weighted by Gasteiger charge is -2.28. The number of rotatable bonds is 12. The van der Waals surface area contributed by atoms with Crippen molar-refractivity contribution < 1.29 is 34.1 Å². The number of ether oxygens (including phenoxy) is 2. The van der Waals surface area contributed by atoms with Crippen LogP contribution in [0, 0.1) is 5.92 Å². The molecule has 10 heteroatoms. The summed E-state index contributed by atoms with van der Waals surface area (Å²) in [5, 5.41) is 21.5. The number of hydrogen-bond donors (Lipinski definition) is 2. The number of aliphatic hydroxyl groups excluding tert-OH is 1. The Hall–Kier alpha value is -4.67. The Labute approximate surface area is 256 Å². The third kappa shape index (κ3) is 6.17. The highest BCUT2D eigenvalue weighted by Crippen LogP contribution is 2.47. The van der Waals surface area contributed by atoms with Crippen LogP contribution in [0.15, 0.2) is 84.9 Å². The smallest absolute Gasteiger partial charge is 0.414 e. The summed E-state index contributed by atoms with van der Waals surface area (Å²) in [5.41, 5.74) is 1.58. The predicted molar refractivity (Wildman–Crippen MR) is 165 cm³/mol. The number of carbonyl (C=O) groups excluding carboxylic acids is 3. The zero-order valence-electron chi connectivity index (χ0n) is 24.9. The summed E-state index contributed by atoms with van der Waals surface area (Å²) < 4.78 is 10.4. The Kier molecular flexibility index (Phi) is 9.32. The molecule has 44 heavy (non-hydrogen) atoms. The van der Waals surface area contributed by atoms with Crippen LogP contribution in [-0.4, -0.2) is 66.4 Å². The van der Waals surface area contributed by atoms with E-state index in [0.29, 0.717) is 42.4 Å². The fourth-order valence-electron chi connectivity index (χ4n) is 5.66. The summed E-state index contributed by atoms with van der Waals surface area (Å²) in [5.74, 6) is -0.832. The van der Waals surface area contributed by atoms with Crippen LogP contribution < -0.4 is 14.5 Å². The lowest BCUT2D eigenvalue weighted by molar-refractivity contribution is -0.139. The number of carbonyl (C=O) groups is 3. The van der Waals surface area contributed by atoms with Crippen LogP contribution >= 0.6 is 0 Å². The van der Waals surface area contributed by atoms with E-state index in [4.69, 9.17) is 9.47 Å². The average molecular weight is 600 g/mol. The van der Waals surface area contributed by atoms with Crippen LogP contribution in [0.3, 0.4) is 0 Å². The van der Waals surface area contributed by atoms with E-state index in [9.17, 15) is 24.6 Å². The first-order valence-corrected chi connectivity index (χ1v) is 14.6. The van der Waals surface area contributed by atoms with Gasteiger partial charge in [-0.1, -0.05) is 61.5 Å². The number of methoxy groups -OCH3 is 1. The molecule has 230 valence electrons. The minimum absolute atomic E-state index is 0.0486. The topological polar surface area (TPSA) is 120 Å². The molecule has 2 N–H and O–H groups in total. The van der Waals surface area contributed by atoms with E-state index < -0.39 is 17.4 Å². The molecular formula is C34H37N3O7. The summed E-state index contributed by atoms with van der Waals surface area (Å²) in [6, 6.07) is 22.0. The molecule has 10 nitrogen and oxygen atoms in total. The maximum atomic E-state index is 14.0. The molecule has 0 radical (unpaired) electrons. The van der Waals surface area contributed by atoms with Crippen molar-refractivity contribution >= 4 is 29.3 Å². The summed E-state index contributed by atoms with van der Waals surface area (Å²) >= 11 is 0. The van der Waals surface area contributed by atoms with Crippen LogP contribution in [-0.2, 0) is 33.0 Å². The van der Waals surface area contributed by atoms with E-state index >= 15 is 0 Å². The van der Waals surface area contributed by atoms with Crippen molar-refractivity contribution in [3.05, 3.63) is 102 Å². The summed E-state index contributed by atoms with van der Waals surface area (Å²) in [7, 11) is 1.52. The number of anilines is 2. The molecule has 2 heterocycles. The Morgan fingerprint density at radius 3 is 2.50 bits per heavy atom. The van der Waals surface area contributed by atoms with Crippen molar-refractivity contribution in [2.45, 2.75) is 32.0 Å². The predicted octanol–water partition coefficient (Wildman–Crippen LogP) is 3.99. The SMILES string of the molecule is COc1ccc2c(c1)[C@](O)([C@@H](C)/C=C/CC(=O)N(CCO)Cc1ccccc1)C(=O)N2Cc1ccc(N2CCOC2=O)cc1. The molecule has 3 amide bonds. The normalized spacial score (nSPS) is 18.5. The molecule has 2 aliphatic heterocycles. The Balaban J connectivity index is 1.33. The fourth-order valence-corrected chi connectivity index (χ4v) is 5.66. The van der Waals surface area contributed by atoms with Crippen molar-refractivity contribution in [2.24, 2.45) is 5.92 Å². The molecule has 0 saturated carbocycles. The third-order valence-electron chi connectivity index (χ3n) is 8.14. The van der Waals surface area contributed by atoms with Gasteiger partial charge in [0.05, 0.1) is 32.5 Å². The van der Waals surface area contributed by atoms with Gasteiger partial charge in [-0.3, -0.25) is 14.5 Å². The van der Waals surface area contributed by atoms with Gasteiger partial charge in [0.1, 0.15) is 12.4 Å². The van der Waals surface area contributed by atoms with Gasteiger partial charge in [0.15, 0.2) is 5.60 Å². The number of amides is 3. The molecule has 0 bridgehead atoms. The monoisotopic (exact) mass is 599 g/mol. The fraction of sp³-hybridized carbons (Fsp3) is 0.324. The molecule has 3 aromatic rings. The summed E-state index contributed by atoms with van der Waals surface area (Å²) in [6.07, 6.45) is 3.01. The van der Waals surface area contributed by atoms with Crippen LogP contribution in [0.1, 0.15) is 30.0 Å². The molecule has 2 aliphatic rings. The highest BCUT2D eigenvalue weighted by Gasteiger charge is 2.52. The Bertz CT molecular complexity index is 1530. The molecule has 2 atom stereocenters. The van der Waals surface area contributed by atoms with E-state index in [1.54, 1.807) is 52.0 Å². The largest absolute Gasteiger partial charge is 0.497 e. The first-order valence-electron chi connectivity index (χ1n) is 14.6. The molecule has 5 rings (SSSR count). The van der Waals surface area contributed by atoms with E-state index in [2.05, 4.69) is 0 Å². The van der Waals surface area contributed by atoms with Gasteiger partial charge in [0, 0.05) is 36.7 Å². The van der Waals surface area contributed by atoms with Crippen molar-refractivity contribution in [2.75, 3.05) is 43.2 Å². The molecule has 0 spiro atoms. The number of nitrogens with zero attached hydrogens (tertiary/aromatic N) is 3. The van der Waals surface area contributed by atoms with Crippen molar-refractivity contribution in [3.63, 3.8) is 0 Å². The molecule has 0 aromatic heterocycles. The van der Waals surface area contributed by atoms with Crippen LogP contribution in [0.5, 0.6) is 5.75 Å². The molecule has 3 aromatic carbocycles. The lowest BCUT2D eigenvalue weighted by Crippen LogP contribution is -2.44. The zero-order chi connectivity index (χ0) is 31.3. The van der Waals surface area contributed by atoms with Gasteiger partial charge in [0.2, 0.25) is 5.91 Å². The van der Waals surface area contributed by atoms with E-state index in [1.165, 1.54) is 7.11 Å². The summed E-state index contributed by atoms with van der Waals surface area (Å²) in [4.78, 5) is 43.6. The zero-order valence-corrected chi connectivity index (χ0v) is 24.9. The van der Waals surface area contributed by atoms with Crippen LogP contribution in [0.4, 0.5) is 16.2 Å². The van der Waals surface area contributed by atoms with Crippen molar-refractivity contribution in [3.8, 4) is 5.75 Å². The molecule has 1 saturated heterocycles. The number of aliphatic hydroxyl groups is 2. The standard InChI is InChI=1S/C34H37N3O7/c1-24(7-6-10-31(39)35(17-19-38)22-25-8-4-3-5-9-25)34(42)29-21-28(43-2)15-16-30(29)37(32(34)40)23-26-11-13-27(14-12-26)36-18-20-44-33(36)41/h3-9,11-16,21,24,38,42H,10,17-20,22-23H2,1-2H3/b7-6+/t24-,34+/m0/s1. The van der Waals surface area contributed by atoms with Crippen molar-refractivity contribution in [1.82, 2.24) is 4.90 Å². The van der Waals surface area contributed by atoms with Gasteiger partial charge in [-0.05, 0) is 41.5 Å². The maximum Gasteiger partial charge on any atom is 0.414 e. The van der Waals surface area contributed by atoms with E-state index in [1.807, 2.05) is 54.6 Å². The minimum atomic E-state index is -1.89. The first kappa shape index (κ1) is 30.8. The van der Waals surface area contributed by atoms with E-state index in [-0.39, 0.29) is 38.1 Å². The number of cyclic esters (lactones) is 1. The van der Waals surface area contributed by atoms with Gasteiger partial charge in [-0.2, -0.15) is 0 Å². The molecule has 0 unspecified atom stereocenters. The van der Waals surface area contributed by atoms with Gasteiger partial charge in [-0.15, -0.1) is 0 Å². The number of fused-ring (bicyclic) bond motifs is 1. The molecule has 0 aliphatic carbocycles. The Morgan fingerprint density at radius 2 is 1.84 bits per heavy atom. The highest BCUT2D eigenvalue weighted by atomic mass is 16.6. The maximum absolute atomic E-state index is 14.0. The van der Waals surface area contributed by atoms with Crippen molar-refractivity contribution in [1.29, 1.82) is 0 Å².